The standard InChI is InChI=1S/C17H20ClNOS/c1-11(12-5-3-6-13(9-12)20-2)19-15-7-4-8-16-14(15)10-17(18)21-16/h3,5-6,9-11,15,19H,4,7-8H2,1-2H3/t11-,15?/m0/s1. The zero-order chi connectivity index (χ0) is 14.8. The second kappa shape index (κ2) is 6.39. The van der Waals surface area contributed by atoms with Crippen LogP contribution in [0.1, 0.15) is 47.9 Å². The largest absolute Gasteiger partial charge is 0.497 e. The molecule has 1 aliphatic carbocycles. The van der Waals surface area contributed by atoms with Gasteiger partial charge in [-0.25, -0.2) is 0 Å². The molecule has 0 aliphatic heterocycles. The Morgan fingerprint density at radius 2 is 2.24 bits per heavy atom. The second-order valence-corrected chi connectivity index (χ2v) is 7.31. The summed E-state index contributed by atoms with van der Waals surface area (Å²) in [5.74, 6) is 0.907. The highest BCUT2D eigenvalue weighted by Gasteiger charge is 2.24. The molecule has 2 nitrogen and oxygen atoms in total. The van der Waals surface area contributed by atoms with Crippen LogP contribution in [0.5, 0.6) is 5.75 Å². The molecule has 0 bridgehead atoms. The van der Waals surface area contributed by atoms with E-state index >= 15 is 0 Å². The zero-order valence-corrected chi connectivity index (χ0v) is 13.9. The fraction of sp³-hybridized carbons (Fsp3) is 0.412. The van der Waals surface area contributed by atoms with Crippen molar-refractivity contribution in [1.29, 1.82) is 0 Å². The van der Waals surface area contributed by atoms with E-state index in [0.717, 1.165) is 10.1 Å². The minimum absolute atomic E-state index is 0.287. The van der Waals surface area contributed by atoms with Gasteiger partial charge in [0.2, 0.25) is 0 Å². The van der Waals surface area contributed by atoms with Gasteiger partial charge in [-0.1, -0.05) is 23.7 Å². The predicted molar refractivity (Wildman–Crippen MR) is 89.6 cm³/mol. The topological polar surface area (TPSA) is 21.3 Å². The number of nitrogens with one attached hydrogen (secondary N) is 1. The first-order chi connectivity index (χ1) is 10.2. The third kappa shape index (κ3) is 3.25. The predicted octanol–water partition coefficient (Wildman–Crippen LogP) is 5.14. The monoisotopic (exact) mass is 321 g/mol. The number of thiophene rings is 1. The van der Waals surface area contributed by atoms with Gasteiger partial charge in [0.1, 0.15) is 5.75 Å². The molecule has 0 fully saturated rings. The Morgan fingerprint density at radius 1 is 1.38 bits per heavy atom. The molecule has 3 rings (SSSR count). The summed E-state index contributed by atoms with van der Waals surface area (Å²) in [5, 5.41) is 3.75. The van der Waals surface area contributed by atoms with E-state index in [1.54, 1.807) is 18.4 Å². The normalized spacial score (nSPS) is 19.1. The highest BCUT2D eigenvalue weighted by atomic mass is 35.5. The summed E-state index contributed by atoms with van der Waals surface area (Å²) in [7, 11) is 1.71. The van der Waals surface area contributed by atoms with E-state index in [4.69, 9.17) is 16.3 Å². The third-order valence-corrected chi connectivity index (χ3v) is 5.47. The quantitative estimate of drug-likeness (QED) is 0.842. The number of aryl methyl sites for hydroxylation is 1. The van der Waals surface area contributed by atoms with Crippen LogP contribution in [0.15, 0.2) is 30.3 Å². The van der Waals surface area contributed by atoms with Crippen LogP contribution in [0.2, 0.25) is 4.34 Å². The number of fused-ring (bicyclic) bond motifs is 1. The minimum atomic E-state index is 0.287. The molecule has 0 saturated carbocycles. The Balaban J connectivity index is 1.77. The Bertz CT molecular complexity index is 625. The smallest absolute Gasteiger partial charge is 0.119 e. The van der Waals surface area contributed by atoms with Crippen LogP contribution in [0, 0.1) is 0 Å². The Kier molecular flexibility index (Phi) is 4.53. The molecular weight excluding hydrogens is 302 g/mol. The van der Waals surface area contributed by atoms with E-state index in [2.05, 4.69) is 30.4 Å². The lowest BCUT2D eigenvalue weighted by Crippen LogP contribution is -2.27. The summed E-state index contributed by atoms with van der Waals surface area (Å²) in [6, 6.07) is 11.1. The van der Waals surface area contributed by atoms with Crippen LogP contribution in [-0.2, 0) is 6.42 Å². The second-order valence-electron chi connectivity index (χ2n) is 5.54. The summed E-state index contributed by atoms with van der Waals surface area (Å²) in [5.41, 5.74) is 2.65. The average molecular weight is 322 g/mol. The van der Waals surface area contributed by atoms with Crippen LogP contribution in [0.4, 0.5) is 0 Å². The molecule has 0 radical (unpaired) electrons. The van der Waals surface area contributed by atoms with Gasteiger partial charge in [-0.2, -0.15) is 0 Å². The van der Waals surface area contributed by atoms with Crippen molar-refractivity contribution in [3.8, 4) is 5.75 Å². The van der Waals surface area contributed by atoms with E-state index in [1.807, 2.05) is 12.1 Å². The van der Waals surface area contributed by atoms with Gasteiger partial charge in [-0.15, -0.1) is 11.3 Å². The first-order valence-electron chi connectivity index (χ1n) is 7.35. The van der Waals surface area contributed by atoms with E-state index in [0.29, 0.717) is 6.04 Å². The van der Waals surface area contributed by atoms with Crippen molar-refractivity contribution in [2.24, 2.45) is 0 Å². The van der Waals surface area contributed by atoms with Crippen molar-refractivity contribution in [3.05, 3.63) is 50.7 Å². The molecule has 1 aliphatic rings. The summed E-state index contributed by atoms with van der Waals surface area (Å²) in [6.07, 6.45) is 3.57. The van der Waals surface area contributed by atoms with Gasteiger partial charge < -0.3 is 10.1 Å². The summed E-state index contributed by atoms with van der Waals surface area (Å²) >= 11 is 7.91. The first-order valence-corrected chi connectivity index (χ1v) is 8.55. The van der Waals surface area contributed by atoms with E-state index in [9.17, 15) is 0 Å². The molecule has 1 aromatic carbocycles. The van der Waals surface area contributed by atoms with Crippen molar-refractivity contribution in [2.45, 2.75) is 38.3 Å². The van der Waals surface area contributed by atoms with Crippen LogP contribution < -0.4 is 10.1 Å². The molecule has 1 heterocycles. The van der Waals surface area contributed by atoms with Crippen molar-refractivity contribution < 1.29 is 4.74 Å². The highest BCUT2D eigenvalue weighted by molar-refractivity contribution is 7.16. The number of methoxy groups -OCH3 is 1. The van der Waals surface area contributed by atoms with Crippen LogP contribution in [-0.4, -0.2) is 7.11 Å². The Morgan fingerprint density at radius 3 is 3.05 bits per heavy atom. The molecule has 1 aromatic heterocycles. The lowest BCUT2D eigenvalue weighted by molar-refractivity contribution is 0.405. The molecule has 2 atom stereocenters. The van der Waals surface area contributed by atoms with E-state index in [1.165, 1.54) is 35.3 Å². The average Bonchev–Trinajstić information content (AvgIpc) is 2.88. The molecule has 112 valence electrons. The molecule has 2 aromatic rings. The number of hydrogen-bond donors (Lipinski definition) is 1. The van der Waals surface area contributed by atoms with Gasteiger partial charge in [-0.05, 0) is 55.5 Å². The zero-order valence-electron chi connectivity index (χ0n) is 12.4. The van der Waals surface area contributed by atoms with Crippen LogP contribution >= 0.6 is 22.9 Å². The fourth-order valence-electron chi connectivity index (χ4n) is 3.00. The van der Waals surface area contributed by atoms with Crippen LogP contribution in [0.25, 0.3) is 0 Å². The Hall–Kier alpha value is -1.03. The summed E-state index contributed by atoms with van der Waals surface area (Å²) < 4.78 is 6.22. The molecule has 1 N–H and O–H groups in total. The lowest BCUT2D eigenvalue weighted by atomic mass is 9.93. The molecule has 21 heavy (non-hydrogen) atoms. The van der Waals surface area contributed by atoms with Crippen LogP contribution in [0.3, 0.4) is 0 Å². The van der Waals surface area contributed by atoms with Gasteiger partial charge in [0.25, 0.3) is 0 Å². The lowest BCUT2D eigenvalue weighted by Gasteiger charge is -2.27. The Labute approximate surface area is 135 Å². The van der Waals surface area contributed by atoms with Crippen molar-refractivity contribution in [1.82, 2.24) is 5.32 Å². The third-order valence-electron chi connectivity index (χ3n) is 4.13. The van der Waals surface area contributed by atoms with Crippen molar-refractivity contribution in [3.63, 3.8) is 0 Å². The number of benzene rings is 1. The maximum atomic E-state index is 6.18. The molecule has 0 spiro atoms. The SMILES string of the molecule is COc1cccc([C@H](C)NC2CCCc3sc(Cl)cc32)c1. The number of ether oxygens (including phenoxy) is 1. The molecular formula is C17H20ClNOS. The molecule has 0 amide bonds. The minimum Gasteiger partial charge on any atom is -0.497 e. The van der Waals surface area contributed by atoms with E-state index in [-0.39, 0.29) is 6.04 Å². The first kappa shape index (κ1) is 14.9. The van der Waals surface area contributed by atoms with Gasteiger partial charge in [0.15, 0.2) is 0 Å². The summed E-state index contributed by atoms with van der Waals surface area (Å²) in [4.78, 5) is 1.45. The number of halogens is 1. The molecule has 4 heteroatoms. The van der Waals surface area contributed by atoms with Crippen molar-refractivity contribution in [2.75, 3.05) is 7.11 Å². The maximum Gasteiger partial charge on any atom is 0.119 e. The molecule has 0 saturated heterocycles. The summed E-state index contributed by atoms with van der Waals surface area (Å²) in [6.45, 7) is 2.21. The molecule has 1 unspecified atom stereocenters. The maximum absolute atomic E-state index is 6.18. The van der Waals surface area contributed by atoms with E-state index < -0.39 is 0 Å². The van der Waals surface area contributed by atoms with Gasteiger partial charge in [0, 0.05) is 17.0 Å². The van der Waals surface area contributed by atoms with Gasteiger partial charge in [-0.3, -0.25) is 0 Å². The highest BCUT2D eigenvalue weighted by Crippen LogP contribution is 2.38. The fourth-order valence-corrected chi connectivity index (χ4v) is 4.39. The van der Waals surface area contributed by atoms with Gasteiger partial charge in [0.05, 0.1) is 11.4 Å². The van der Waals surface area contributed by atoms with Gasteiger partial charge >= 0.3 is 0 Å². The number of rotatable bonds is 4. The van der Waals surface area contributed by atoms with Crippen molar-refractivity contribution >= 4 is 22.9 Å². The number of hydrogen-bond acceptors (Lipinski definition) is 3.